The minimum atomic E-state index is -1.70. The first-order chi connectivity index (χ1) is 7.63. The Kier molecular flexibility index (Phi) is 4.09. The highest BCUT2D eigenvalue weighted by Crippen LogP contribution is 2.37. The molecule has 96 valence electrons. The number of ketones is 1. The van der Waals surface area contributed by atoms with Crippen LogP contribution in [-0.2, 0) is 9.22 Å². The lowest BCUT2D eigenvalue weighted by Crippen LogP contribution is -2.41. The predicted molar refractivity (Wildman–Crippen MR) is 74.0 cm³/mol. The van der Waals surface area contributed by atoms with Crippen molar-refractivity contribution >= 4 is 19.8 Å². The summed E-state index contributed by atoms with van der Waals surface area (Å²) in [6, 6.07) is 0. The number of rotatable bonds is 4. The van der Waals surface area contributed by atoms with Crippen LogP contribution in [0.25, 0.3) is 0 Å². The maximum absolute atomic E-state index is 11.2. The lowest BCUT2D eigenvalue weighted by atomic mass is 10.1. The van der Waals surface area contributed by atoms with Crippen LogP contribution in [-0.4, -0.2) is 26.4 Å². The number of hydrogen-bond acceptors (Lipinski definition) is 3. The first-order valence-electron chi connectivity index (χ1n) is 6.03. The summed E-state index contributed by atoms with van der Waals surface area (Å²) in [5.74, 6) is 0.0589. The third-order valence-electron chi connectivity index (χ3n) is 3.63. The van der Waals surface area contributed by atoms with E-state index in [1.165, 1.54) is 0 Å². The average Bonchev–Trinajstić information content (AvgIpc) is 2.61. The summed E-state index contributed by atoms with van der Waals surface area (Å²) in [6.45, 7) is 13.3. The molecule has 0 atom stereocenters. The van der Waals surface area contributed by atoms with Crippen molar-refractivity contribution < 1.29 is 9.22 Å². The summed E-state index contributed by atoms with van der Waals surface area (Å²) < 4.78 is 6.09. The average molecular weight is 253 g/mol. The first kappa shape index (κ1) is 14.3. The molecule has 0 bridgehead atoms. The summed E-state index contributed by atoms with van der Waals surface area (Å²) in [5, 5.41) is 0.219. The fraction of sp³-hybridized carbons (Fsp3) is 0.692. The quantitative estimate of drug-likeness (QED) is 0.721. The molecule has 0 spiro atoms. The summed E-state index contributed by atoms with van der Waals surface area (Å²) in [6.07, 6.45) is 2.44. The van der Waals surface area contributed by atoms with Gasteiger partial charge in [-0.2, -0.15) is 0 Å². The molecule has 1 aliphatic heterocycles. The highest BCUT2D eigenvalue weighted by Gasteiger charge is 2.37. The molecule has 0 amide bonds. The molecular weight excluding hydrogens is 230 g/mol. The molecule has 0 N–H and O–H groups in total. The van der Waals surface area contributed by atoms with Crippen LogP contribution in [0.3, 0.4) is 0 Å². The van der Waals surface area contributed by atoms with Gasteiger partial charge in [0.25, 0.3) is 0 Å². The molecule has 3 nitrogen and oxygen atoms in total. The van der Waals surface area contributed by atoms with Gasteiger partial charge in [0.1, 0.15) is 0 Å². The van der Waals surface area contributed by atoms with Crippen molar-refractivity contribution in [3.63, 3.8) is 0 Å². The van der Waals surface area contributed by atoms with Gasteiger partial charge in [0.05, 0.1) is 12.3 Å². The minimum Gasteiger partial charge on any atom is -0.413 e. The molecule has 1 aliphatic rings. The van der Waals surface area contributed by atoms with E-state index in [1.54, 1.807) is 13.1 Å². The molecule has 0 aromatic carbocycles. The number of aliphatic imine (C=N–C) groups is 1. The summed E-state index contributed by atoms with van der Waals surface area (Å²) in [5.41, 5.74) is 1.76. The Balaban J connectivity index is 2.48. The van der Waals surface area contributed by atoms with Gasteiger partial charge >= 0.3 is 0 Å². The van der Waals surface area contributed by atoms with Gasteiger partial charge in [-0.05, 0) is 23.7 Å². The van der Waals surface area contributed by atoms with Crippen LogP contribution in [0.1, 0.15) is 34.1 Å². The van der Waals surface area contributed by atoms with Crippen molar-refractivity contribution in [3.05, 3.63) is 11.8 Å². The highest BCUT2D eigenvalue weighted by molar-refractivity contribution is 6.74. The van der Waals surface area contributed by atoms with Crippen molar-refractivity contribution in [2.24, 2.45) is 4.99 Å². The normalized spacial score (nSPS) is 16.8. The van der Waals surface area contributed by atoms with Crippen LogP contribution < -0.4 is 0 Å². The van der Waals surface area contributed by atoms with Crippen LogP contribution in [0.4, 0.5) is 0 Å². The number of carbonyl (C=O) groups excluding carboxylic acids is 1. The van der Waals surface area contributed by atoms with Crippen molar-refractivity contribution in [1.29, 1.82) is 0 Å². The fourth-order valence-electron chi connectivity index (χ4n) is 1.27. The van der Waals surface area contributed by atoms with E-state index in [4.69, 9.17) is 4.43 Å². The Labute approximate surface area is 105 Å². The Morgan fingerprint density at radius 3 is 2.47 bits per heavy atom. The van der Waals surface area contributed by atoms with Crippen LogP contribution in [0, 0.1) is 0 Å². The maximum Gasteiger partial charge on any atom is 0.192 e. The minimum absolute atomic E-state index is 0.0589. The molecule has 0 aromatic heterocycles. The second-order valence-corrected chi connectivity index (χ2v) is 11.0. The smallest absolute Gasteiger partial charge is 0.192 e. The zero-order chi connectivity index (χ0) is 13.3. The van der Waals surface area contributed by atoms with E-state index in [9.17, 15) is 4.79 Å². The predicted octanol–water partition coefficient (Wildman–Crippen LogP) is 3.33. The van der Waals surface area contributed by atoms with Gasteiger partial charge in [-0.3, -0.25) is 9.79 Å². The van der Waals surface area contributed by atoms with E-state index >= 15 is 0 Å². The van der Waals surface area contributed by atoms with E-state index < -0.39 is 8.32 Å². The number of Topliss-reactive ketones (excluding diaryl/α,β-unsaturated/α-hetero) is 1. The molecule has 0 radical (unpaired) electrons. The topological polar surface area (TPSA) is 38.7 Å². The van der Waals surface area contributed by atoms with E-state index in [0.717, 1.165) is 5.57 Å². The first-order valence-corrected chi connectivity index (χ1v) is 8.94. The molecule has 0 saturated carbocycles. The molecule has 1 rings (SSSR count). The monoisotopic (exact) mass is 253 g/mol. The standard InChI is InChI=1S/C13H23NO2Si/c1-10(15)12-7-11(8-14-12)9-16-17(5,6)13(2,3)4/h8H,7,9H2,1-6H3. The molecule has 17 heavy (non-hydrogen) atoms. The zero-order valence-electron chi connectivity index (χ0n) is 11.8. The Bertz CT molecular complexity index is 375. The summed E-state index contributed by atoms with van der Waals surface area (Å²) >= 11 is 0. The van der Waals surface area contributed by atoms with Gasteiger partial charge in [-0.15, -0.1) is 0 Å². The number of hydrogen-bond donors (Lipinski definition) is 0. The van der Waals surface area contributed by atoms with E-state index in [2.05, 4.69) is 38.9 Å². The fourth-order valence-corrected chi connectivity index (χ4v) is 2.25. The lowest BCUT2D eigenvalue weighted by molar-refractivity contribution is -0.111. The second kappa shape index (κ2) is 4.86. The van der Waals surface area contributed by atoms with E-state index in [0.29, 0.717) is 18.7 Å². The summed E-state index contributed by atoms with van der Waals surface area (Å²) in [4.78, 5) is 15.3. The van der Waals surface area contributed by atoms with Crippen LogP contribution in [0.5, 0.6) is 0 Å². The Hall–Kier alpha value is -0.743. The highest BCUT2D eigenvalue weighted by atomic mass is 28.4. The Morgan fingerprint density at radius 1 is 1.47 bits per heavy atom. The number of carbonyl (C=O) groups is 1. The third-order valence-corrected chi connectivity index (χ3v) is 8.11. The zero-order valence-corrected chi connectivity index (χ0v) is 12.8. The van der Waals surface area contributed by atoms with Crippen molar-refractivity contribution in [2.75, 3.05) is 6.61 Å². The SMILES string of the molecule is CC(=O)C1=NC=C(CO[Si](C)(C)C(C)(C)C)C1. The van der Waals surface area contributed by atoms with Gasteiger partial charge in [0.2, 0.25) is 0 Å². The second-order valence-electron chi connectivity index (χ2n) is 6.15. The Morgan fingerprint density at radius 2 is 2.06 bits per heavy atom. The van der Waals surface area contributed by atoms with Crippen molar-refractivity contribution in [2.45, 2.75) is 52.2 Å². The van der Waals surface area contributed by atoms with Crippen LogP contribution in [0.2, 0.25) is 18.1 Å². The van der Waals surface area contributed by atoms with Gasteiger partial charge < -0.3 is 4.43 Å². The molecule has 4 heteroatoms. The van der Waals surface area contributed by atoms with Crippen LogP contribution in [0.15, 0.2) is 16.8 Å². The maximum atomic E-state index is 11.2. The largest absolute Gasteiger partial charge is 0.413 e. The van der Waals surface area contributed by atoms with E-state index in [1.807, 2.05) is 0 Å². The lowest BCUT2D eigenvalue weighted by Gasteiger charge is -2.36. The van der Waals surface area contributed by atoms with Crippen molar-refractivity contribution in [1.82, 2.24) is 0 Å². The van der Waals surface area contributed by atoms with Gasteiger partial charge in [0, 0.05) is 19.5 Å². The molecule has 0 saturated heterocycles. The molecule has 0 unspecified atom stereocenters. The van der Waals surface area contributed by atoms with Gasteiger partial charge in [-0.1, -0.05) is 20.8 Å². The number of nitrogens with zero attached hydrogens (tertiary/aromatic N) is 1. The van der Waals surface area contributed by atoms with Gasteiger partial charge in [-0.25, -0.2) is 0 Å². The molecule has 0 fully saturated rings. The van der Waals surface area contributed by atoms with E-state index in [-0.39, 0.29) is 10.8 Å². The van der Waals surface area contributed by atoms with Crippen LogP contribution >= 0.6 is 0 Å². The molecule has 0 aliphatic carbocycles. The molecule has 0 aromatic rings. The van der Waals surface area contributed by atoms with Crippen molar-refractivity contribution in [3.8, 4) is 0 Å². The summed E-state index contributed by atoms with van der Waals surface area (Å²) in [7, 11) is -1.70. The third kappa shape index (κ3) is 3.61. The molecular formula is C13H23NO2Si. The van der Waals surface area contributed by atoms with Gasteiger partial charge in [0.15, 0.2) is 14.1 Å². The molecule has 1 heterocycles.